The van der Waals surface area contributed by atoms with Crippen LogP contribution in [0.1, 0.15) is 96.8 Å². The minimum Gasteiger partial charge on any atom is -0.490 e. The van der Waals surface area contributed by atoms with Crippen molar-refractivity contribution in [2.24, 2.45) is 0 Å². The molecule has 0 bridgehead atoms. The Bertz CT molecular complexity index is 997. The second-order valence-corrected chi connectivity index (χ2v) is 9.96. The molecule has 1 aromatic heterocycles. The van der Waals surface area contributed by atoms with Crippen molar-refractivity contribution in [3.8, 4) is 0 Å². The fourth-order valence-electron chi connectivity index (χ4n) is 3.91. The van der Waals surface area contributed by atoms with Crippen LogP contribution in [0, 0.1) is 0 Å². The van der Waals surface area contributed by atoms with E-state index in [0.29, 0.717) is 11.1 Å². The second-order valence-electron chi connectivity index (χ2n) is 8.67. The molecule has 35 heavy (non-hydrogen) atoms. The molecule has 0 atom stereocenters. The van der Waals surface area contributed by atoms with Crippen LogP contribution >= 0.6 is 27.5 Å². The summed E-state index contributed by atoms with van der Waals surface area (Å²) in [6.45, 7) is 13.1. The molecule has 0 fully saturated rings. The van der Waals surface area contributed by atoms with Crippen molar-refractivity contribution in [3.05, 3.63) is 69.5 Å². The summed E-state index contributed by atoms with van der Waals surface area (Å²) in [5, 5.41) is 1.76. The number of ether oxygens (including phenoxy) is 1. The minimum absolute atomic E-state index is 0.132. The fraction of sp³-hybridized carbons (Fsp3) is 0.500. The third kappa shape index (κ3) is 10.8. The van der Waals surface area contributed by atoms with Gasteiger partial charge >= 0.3 is 0 Å². The Morgan fingerprint density at radius 2 is 1.80 bits per heavy atom. The highest BCUT2D eigenvalue weighted by molar-refractivity contribution is 9.10. The number of hydrogen-bond donors (Lipinski definition) is 0. The van der Waals surface area contributed by atoms with Crippen molar-refractivity contribution in [2.45, 2.75) is 99.1 Å². The molecule has 0 saturated carbocycles. The maximum absolute atomic E-state index is 11.7. The van der Waals surface area contributed by atoms with Gasteiger partial charge in [-0.1, -0.05) is 82.3 Å². The lowest BCUT2D eigenvalue weighted by Gasteiger charge is -2.18. The quantitative estimate of drug-likeness (QED) is 0.105. The molecule has 0 unspecified atom stereocenters. The molecule has 0 saturated heterocycles. The van der Waals surface area contributed by atoms with Gasteiger partial charge in [-0.3, -0.25) is 4.79 Å². The largest absolute Gasteiger partial charge is 0.490 e. The number of allylic oxidation sites excluding steroid dienone is 5. The summed E-state index contributed by atoms with van der Waals surface area (Å²) in [7, 11) is 0. The van der Waals surface area contributed by atoms with Crippen LogP contribution in [0.5, 0.6) is 0 Å². The first kappa shape index (κ1) is 31.3. The predicted octanol–water partition coefficient (Wildman–Crippen LogP) is 10.4. The van der Waals surface area contributed by atoms with E-state index in [2.05, 4.69) is 41.3 Å². The average molecular weight is 565 g/mol. The molecule has 0 radical (unpaired) electrons. The number of ketones is 1. The van der Waals surface area contributed by atoms with Crippen LogP contribution in [-0.2, 0) is 11.3 Å². The molecule has 0 spiro atoms. The van der Waals surface area contributed by atoms with Gasteiger partial charge in [-0.25, -0.2) is 0 Å². The van der Waals surface area contributed by atoms with Crippen molar-refractivity contribution < 1.29 is 9.53 Å². The molecule has 5 heteroatoms. The highest BCUT2D eigenvalue weighted by atomic mass is 79.9. The predicted molar refractivity (Wildman–Crippen MR) is 156 cm³/mol. The first-order valence-corrected chi connectivity index (χ1v) is 14.1. The third-order valence-corrected chi connectivity index (χ3v) is 6.61. The van der Waals surface area contributed by atoms with Gasteiger partial charge in [-0.15, -0.1) is 0 Å². The lowest BCUT2D eigenvalue weighted by molar-refractivity contribution is 0.101. The van der Waals surface area contributed by atoms with E-state index in [1.165, 1.54) is 12.8 Å². The van der Waals surface area contributed by atoms with E-state index in [-0.39, 0.29) is 5.78 Å². The highest BCUT2D eigenvalue weighted by Crippen LogP contribution is 2.29. The molecule has 1 heterocycles. The number of rotatable bonds is 13. The van der Waals surface area contributed by atoms with Crippen molar-refractivity contribution in [1.82, 2.24) is 4.57 Å². The van der Waals surface area contributed by atoms with Gasteiger partial charge in [-0.05, 0) is 74.2 Å². The Morgan fingerprint density at radius 3 is 2.34 bits per heavy atom. The van der Waals surface area contributed by atoms with Gasteiger partial charge in [0.05, 0.1) is 11.6 Å². The van der Waals surface area contributed by atoms with Crippen LogP contribution in [-0.4, -0.2) is 16.5 Å². The molecular weight excluding hydrogens is 522 g/mol. The van der Waals surface area contributed by atoms with E-state index < -0.39 is 0 Å². The molecule has 2 aromatic rings. The number of hydrogen-bond acceptors (Lipinski definition) is 2. The van der Waals surface area contributed by atoms with Gasteiger partial charge in [0.2, 0.25) is 0 Å². The van der Waals surface area contributed by atoms with E-state index in [4.69, 9.17) is 16.3 Å². The summed E-state index contributed by atoms with van der Waals surface area (Å²) in [5.41, 5.74) is 1.96. The Hall–Kier alpha value is -1.78. The number of carbonyl (C=O) groups is 1. The summed E-state index contributed by atoms with van der Waals surface area (Å²) in [6, 6.07) is 6.03. The molecular formula is C30H43BrClNO2. The number of nitrogens with zero attached hydrogens (tertiary/aromatic N) is 1. The smallest absolute Gasteiger partial charge is 0.161 e. The maximum atomic E-state index is 11.7. The molecule has 1 aromatic carbocycles. The number of para-hydroxylation sites is 1. The highest BCUT2D eigenvalue weighted by Gasteiger charge is 2.13. The first-order chi connectivity index (χ1) is 16.8. The molecule has 0 N–H and O–H groups in total. The van der Waals surface area contributed by atoms with Crippen molar-refractivity contribution in [1.29, 1.82) is 0 Å². The zero-order chi connectivity index (χ0) is 26.2. The van der Waals surface area contributed by atoms with Gasteiger partial charge in [0.1, 0.15) is 5.76 Å². The molecule has 0 amide bonds. The Morgan fingerprint density at radius 1 is 1.11 bits per heavy atom. The van der Waals surface area contributed by atoms with Gasteiger partial charge in [0.25, 0.3) is 0 Å². The number of Topliss-reactive ketones (excluding diaryl/α,β-unsaturated/α-hetero) is 1. The van der Waals surface area contributed by atoms with Crippen LogP contribution in [0.4, 0.5) is 0 Å². The SMILES string of the molecule is CCCCCn1cc(C(C)=O)c2cccc(Br)c21.C\C=C/C(=C\C(Cl)=C/C)OC(CCC)CCC. The molecule has 0 aliphatic heterocycles. The molecule has 3 nitrogen and oxygen atoms in total. The second kappa shape index (κ2) is 17.6. The van der Waals surface area contributed by atoms with E-state index in [1.807, 2.05) is 62.5 Å². The fourth-order valence-corrected chi connectivity index (χ4v) is 4.61. The summed E-state index contributed by atoms with van der Waals surface area (Å²) in [4.78, 5) is 11.7. The number of benzene rings is 1. The van der Waals surface area contributed by atoms with Crippen molar-refractivity contribution in [2.75, 3.05) is 0 Å². The van der Waals surface area contributed by atoms with Crippen molar-refractivity contribution >= 4 is 44.2 Å². The number of aromatic nitrogens is 1. The van der Waals surface area contributed by atoms with E-state index in [0.717, 1.165) is 65.3 Å². The number of aryl methyl sites for hydroxylation is 1. The zero-order valence-electron chi connectivity index (χ0n) is 22.4. The van der Waals surface area contributed by atoms with Crippen LogP contribution < -0.4 is 0 Å². The maximum Gasteiger partial charge on any atom is 0.161 e. The van der Waals surface area contributed by atoms with Gasteiger partial charge in [-0.2, -0.15) is 0 Å². The Labute approximate surface area is 226 Å². The standard InChI is InChI=1S/C15H18BrNO.C15H25ClO/c1-3-4-5-9-17-10-13(11(2)18)12-7-6-8-14(16)15(12)17;1-5-9-14(10-6-2)17-15(11-7-3)12-13(16)8-4/h6-8,10H,3-5,9H2,1-2H3;7-8,11-12,14H,5-6,9-10H2,1-4H3/b;11-7-,13-8+,15-12+. The average Bonchev–Trinajstić information content (AvgIpc) is 3.20. The Balaban J connectivity index is 0.000000351. The minimum atomic E-state index is 0.132. The van der Waals surface area contributed by atoms with E-state index >= 15 is 0 Å². The van der Waals surface area contributed by atoms with Crippen LogP contribution in [0.3, 0.4) is 0 Å². The zero-order valence-corrected chi connectivity index (χ0v) is 24.7. The summed E-state index contributed by atoms with van der Waals surface area (Å²) < 4.78 is 9.25. The van der Waals surface area contributed by atoms with Crippen LogP contribution in [0.25, 0.3) is 10.9 Å². The van der Waals surface area contributed by atoms with E-state index in [1.54, 1.807) is 6.92 Å². The summed E-state index contributed by atoms with van der Waals surface area (Å²) in [6.07, 6.45) is 18.0. The van der Waals surface area contributed by atoms with Crippen LogP contribution in [0.2, 0.25) is 0 Å². The molecule has 2 rings (SSSR count). The number of unbranched alkanes of at least 4 members (excludes halogenated alkanes) is 2. The van der Waals surface area contributed by atoms with Gasteiger partial charge < -0.3 is 9.30 Å². The van der Waals surface area contributed by atoms with Gasteiger partial charge in [0, 0.05) is 33.2 Å². The number of fused-ring (bicyclic) bond motifs is 1. The summed E-state index contributed by atoms with van der Waals surface area (Å²) >= 11 is 9.59. The first-order valence-electron chi connectivity index (χ1n) is 12.9. The lowest BCUT2D eigenvalue weighted by atomic mass is 10.1. The lowest BCUT2D eigenvalue weighted by Crippen LogP contribution is -2.11. The molecule has 194 valence electrons. The van der Waals surface area contributed by atoms with Crippen molar-refractivity contribution in [3.63, 3.8) is 0 Å². The summed E-state index contributed by atoms with van der Waals surface area (Å²) in [5.74, 6) is 0.981. The normalized spacial score (nSPS) is 12.4. The third-order valence-electron chi connectivity index (χ3n) is 5.64. The number of halogens is 2. The van der Waals surface area contributed by atoms with E-state index in [9.17, 15) is 4.79 Å². The number of carbonyl (C=O) groups excluding carboxylic acids is 1. The molecule has 0 aliphatic carbocycles. The molecule has 0 aliphatic rings. The Kier molecular flexibility index (Phi) is 15.7. The monoisotopic (exact) mass is 563 g/mol. The topological polar surface area (TPSA) is 31.2 Å². The van der Waals surface area contributed by atoms with Gasteiger partial charge in [0.15, 0.2) is 5.78 Å². The van der Waals surface area contributed by atoms with Crippen LogP contribution in [0.15, 0.2) is 64.0 Å².